The molecule has 0 bridgehead atoms. The topological polar surface area (TPSA) is 99.4 Å². The summed E-state index contributed by atoms with van der Waals surface area (Å²) in [5, 5.41) is 37.5. The van der Waals surface area contributed by atoms with E-state index in [-0.39, 0.29) is 13.2 Å². The van der Waals surface area contributed by atoms with Crippen LogP contribution in [0.15, 0.2) is 25.7 Å². The third-order valence-corrected chi connectivity index (χ3v) is 1.91. The predicted molar refractivity (Wildman–Crippen MR) is 56.3 cm³/mol. The minimum absolute atomic E-state index is 0.225. The van der Waals surface area contributed by atoms with E-state index in [9.17, 15) is 20.4 Å². The van der Waals surface area contributed by atoms with E-state index in [4.69, 9.17) is 0 Å². The van der Waals surface area contributed by atoms with Crippen LogP contribution in [-0.4, -0.2) is 58.1 Å². The van der Waals surface area contributed by atoms with E-state index in [1.807, 2.05) is 0 Å². The number of ether oxygens (including phenoxy) is 2. The molecular weight excluding hydrogens is 216 g/mol. The molecule has 0 aromatic heterocycles. The Bertz CT molecular complexity index is 185. The summed E-state index contributed by atoms with van der Waals surface area (Å²) >= 11 is 0. The Labute approximate surface area is 94.0 Å². The molecule has 0 aliphatic heterocycles. The molecule has 0 rings (SSSR count). The van der Waals surface area contributed by atoms with Crippen LogP contribution in [0, 0.1) is 0 Å². The molecule has 4 atom stereocenters. The van der Waals surface area contributed by atoms with Crippen LogP contribution in [-0.2, 0) is 9.47 Å². The van der Waals surface area contributed by atoms with Crippen molar-refractivity contribution in [3.05, 3.63) is 25.7 Å². The van der Waals surface area contributed by atoms with Gasteiger partial charge in [-0.15, -0.1) is 0 Å². The zero-order valence-electron chi connectivity index (χ0n) is 8.90. The van der Waals surface area contributed by atoms with E-state index in [0.29, 0.717) is 0 Å². The molecular formula is C10H18O6. The second-order valence-corrected chi connectivity index (χ2v) is 3.12. The molecule has 0 saturated carbocycles. The van der Waals surface area contributed by atoms with Crippen molar-refractivity contribution in [2.75, 3.05) is 13.2 Å². The van der Waals surface area contributed by atoms with Crippen molar-refractivity contribution in [1.29, 1.82) is 0 Å². The van der Waals surface area contributed by atoms with Crippen molar-refractivity contribution in [3.8, 4) is 0 Å². The van der Waals surface area contributed by atoms with E-state index < -0.39 is 24.4 Å². The van der Waals surface area contributed by atoms with Gasteiger partial charge in [-0.1, -0.05) is 13.2 Å². The van der Waals surface area contributed by atoms with E-state index in [2.05, 4.69) is 22.6 Å². The molecule has 0 amide bonds. The molecule has 0 aliphatic rings. The Morgan fingerprint density at radius 3 is 1.38 bits per heavy atom. The minimum Gasteiger partial charge on any atom is -0.499 e. The number of hydrogen-bond acceptors (Lipinski definition) is 6. The van der Waals surface area contributed by atoms with Crippen molar-refractivity contribution >= 4 is 0 Å². The van der Waals surface area contributed by atoms with Crippen molar-refractivity contribution in [2.24, 2.45) is 0 Å². The maximum absolute atomic E-state index is 9.43. The number of aliphatic hydroxyl groups excluding tert-OH is 4. The van der Waals surface area contributed by atoms with Crippen LogP contribution in [0.1, 0.15) is 0 Å². The first-order valence-corrected chi connectivity index (χ1v) is 4.71. The Hall–Kier alpha value is -1.08. The quantitative estimate of drug-likeness (QED) is 0.372. The lowest BCUT2D eigenvalue weighted by Crippen LogP contribution is -2.47. The highest BCUT2D eigenvalue weighted by atomic mass is 16.5. The molecule has 0 heterocycles. The molecule has 0 aliphatic carbocycles. The lowest BCUT2D eigenvalue weighted by atomic mass is 10.0. The Kier molecular flexibility index (Phi) is 7.57. The molecule has 0 spiro atoms. The maximum Gasteiger partial charge on any atom is 0.116 e. The van der Waals surface area contributed by atoms with Gasteiger partial charge in [-0.05, 0) is 0 Å². The molecule has 16 heavy (non-hydrogen) atoms. The van der Waals surface area contributed by atoms with Crippen LogP contribution < -0.4 is 0 Å². The normalized spacial score (nSPS) is 18.0. The van der Waals surface area contributed by atoms with E-state index in [0.717, 1.165) is 12.5 Å². The fourth-order valence-electron chi connectivity index (χ4n) is 0.986. The Balaban J connectivity index is 4.07. The molecule has 0 aromatic rings. The van der Waals surface area contributed by atoms with Gasteiger partial charge < -0.3 is 29.9 Å². The van der Waals surface area contributed by atoms with E-state index in [1.54, 1.807) is 0 Å². The summed E-state index contributed by atoms with van der Waals surface area (Å²) < 4.78 is 9.28. The van der Waals surface area contributed by atoms with Crippen LogP contribution in [0.4, 0.5) is 0 Å². The number of aliphatic hydroxyl groups is 4. The van der Waals surface area contributed by atoms with Crippen molar-refractivity contribution in [2.45, 2.75) is 24.4 Å². The second-order valence-electron chi connectivity index (χ2n) is 3.12. The molecule has 0 aromatic carbocycles. The summed E-state index contributed by atoms with van der Waals surface area (Å²) in [6.07, 6.45) is -3.54. The molecule has 0 radical (unpaired) electrons. The summed E-state index contributed by atoms with van der Waals surface area (Å²) in [7, 11) is 0. The average molecular weight is 234 g/mol. The standard InChI is InChI=1S/C10H18O6/c1-3-15-5-7(11)9(13)10(14)8(12)6-16-4-2/h3-4,7-14H,1-2,5-6H2. The second kappa shape index (κ2) is 8.12. The van der Waals surface area contributed by atoms with Gasteiger partial charge >= 0.3 is 0 Å². The molecule has 0 saturated heterocycles. The summed E-state index contributed by atoms with van der Waals surface area (Å²) in [6.45, 7) is 6.06. The molecule has 6 nitrogen and oxygen atoms in total. The Morgan fingerprint density at radius 1 is 0.812 bits per heavy atom. The number of rotatable bonds is 9. The zero-order valence-corrected chi connectivity index (χ0v) is 8.90. The third-order valence-electron chi connectivity index (χ3n) is 1.91. The summed E-state index contributed by atoms with van der Waals surface area (Å²) in [5.74, 6) is 0. The highest BCUT2D eigenvalue weighted by Crippen LogP contribution is 2.06. The van der Waals surface area contributed by atoms with E-state index in [1.165, 1.54) is 0 Å². The SMILES string of the molecule is C=COCC(O)C(O)C(O)C(O)COC=C. The van der Waals surface area contributed by atoms with Crippen LogP contribution in [0.3, 0.4) is 0 Å². The summed E-state index contributed by atoms with van der Waals surface area (Å²) in [4.78, 5) is 0. The van der Waals surface area contributed by atoms with Gasteiger partial charge in [-0.2, -0.15) is 0 Å². The molecule has 4 N–H and O–H groups in total. The molecule has 0 fully saturated rings. The monoisotopic (exact) mass is 234 g/mol. The molecule has 6 heteroatoms. The highest BCUT2D eigenvalue weighted by Gasteiger charge is 2.30. The first kappa shape index (κ1) is 14.9. The van der Waals surface area contributed by atoms with Gasteiger partial charge in [0.15, 0.2) is 0 Å². The van der Waals surface area contributed by atoms with Crippen LogP contribution >= 0.6 is 0 Å². The van der Waals surface area contributed by atoms with Gasteiger partial charge in [0, 0.05) is 0 Å². The minimum atomic E-state index is -1.54. The number of hydrogen-bond donors (Lipinski definition) is 4. The van der Waals surface area contributed by atoms with Gasteiger partial charge in [0.05, 0.1) is 12.5 Å². The van der Waals surface area contributed by atoms with E-state index >= 15 is 0 Å². The van der Waals surface area contributed by atoms with Gasteiger partial charge in [0.1, 0.15) is 37.6 Å². The third kappa shape index (κ3) is 5.13. The van der Waals surface area contributed by atoms with Gasteiger partial charge in [-0.25, -0.2) is 0 Å². The lowest BCUT2D eigenvalue weighted by molar-refractivity contribution is -0.124. The summed E-state index contributed by atoms with van der Waals surface area (Å²) in [5.41, 5.74) is 0. The maximum atomic E-state index is 9.43. The van der Waals surface area contributed by atoms with Crippen LogP contribution in [0.2, 0.25) is 0 Å². The fraction of sp³-hybridized carbons (Fsp3) is 0.600. The summed E-state index contributed by atoms with van der Waals surface area (Å²) in [6, 6.07) is 0. The fourth-order valence-corrected chi connectivity index (χ4v) is 0.986. The van der Waals surface area contributed by atoms with Gasteiger partial charge in [-0.3, -0.25) is 0 Å². The lowest BCUT2D eigenvalue weighted by Gasteiger charge is -2.25. The average Bonchev–Trinajstić information content (AvgIpc) is 2.30. The van der Waals surface area contributed by atoms with Gasteiger partial charge in [0.2, 0.25) is 0 Å². The predicted octanol–water partition coefficient (Wildman–Crippen LogP) is -1.25. The van der Waals surface area contributed by atoms with Crippen LogP contribution in [0.25, 0.3) is 0 Å². The molecule has 4 unspecified atom stereocenters. The first-order valence-electron chi connectivity index (χ1n) is 4.71. The van der Waals surface area contributed by atoms with Crippen molar-refractivity contribution in [1.82, 2.24) is 0 Å². The van der Waals surface area contributed by atoms with Crippen molar-refractivity contribution in [3.63, 3.8) is 0 Å². The van der Waals surface area contributed by atoms with Crippen molar-refractivity contribution < 1.29 is 29.9 Å². The van der Waals surface area contributed by atoms with Gasteiger partial charge in [0.25, 0.3) is 0 Å². The Morgan fingerprint density at radius 2 is 1.12 bits per heavy atom. The van der Waals surface area contributed by atoms with Crippen LogP contribution in [0.5, 0.6) is 0 Å². The highest BCUT2D eigenvalue weighted by molar-refractivity contribution is 4.81. The molecule has 94 valence electrons. The zero-order chi connectivity index (χ0) is 12.6. The largest absolute Gasteiger partial charge is 0.499 e. The first-order chi connectivity index (χ1) is 7.54. The smallest absolute Gasteiger partial charge is 0.116 e.